The van der Waals surface area contributed by atoms with Crippen molar-refractivity contribution in [1.29, 1.82) is 0 Å². The molecule has 0 aliphatic heterocycles. The maximum Gasteiger partial charge on any atom is 0.0774 e. The molecule has 0 amide bonds. The molecule has 0 radical (unpaired) electrons. The number of hydrogen-bond donors (Lipinski definition) is 1. The van der Waals surface area contributed by atoms with Crippen LogP contribution in [0.4, 0.5) is 0 Å². The number of aliphatic hydroxyl groups is 1. The van der Waals surface area contributed by atoms with Crippen LogP contribution in [0.1, 0.15) is 31.2 Å². The molecule has 1 N–H and O–H groups in total. The fourth-order valence-corrected chi connectivity index (χ4v) is 3.42. The van der Waals surface area contributed by atoms with Crippen LogP contribution in [0, 0.1) is 0 Å². The van der Waals surface area contributed by atoms with Gasteiger partial charge >= 0.3 is 0 Å². The minimum Gasteiger partial charge on any atom is -0.389 e. The summed E-state index contributed by atoms with van der Waals surface area (Å²) in [5, 5.41) is 11.1. The molecule has 0 spiro atoms. The Morgan fingerprint density at radius 3 is 2.67 bits per heavy atom. The van der Waals surface area contributed by atoms with Gasteiger partial charge in [-0.1, -0.05) is 46.4 Å². The predicted octanol–water partition coefficient (Wildman–Crippen LogP) is 3.84. The van der Waals surface area contributed by atoms with Gasteiger partial charge in [0.15, 0.2) is 0 Å². The highest BCUT2D eigenvalue weighted by Crippen LogP contribution is 2.30. The molecule has 1 fully saturated rings. The van der Waals surface area contributed by atoms with Crippen LogP contribution in [0.3, 0.4) is 0 Å². The molecular weight excluding hydrogens is 314 g/mol. The average molecular weight is 333 g/mol. The Labute approximate surface area is 122 Å². The standard InChI is InChI=1S/C14H19BrClNO/c1-17(10-14(18)6-2-3-7-14)9-11-4-5-12(15)8-13(11)16/h4-5,8,18H,2-3,6-7,9-10H2,1H3. The Hall–Kier alpha value is -0.0900. The van der Waals surface area contributed by atoms with E-state index in [0.29, 0.717) is 0 Å². The summed E-state index contributed by atoms with van der Waals surface area (Å²) in [4.78, 5) is 2.15. The summed E-state index contributed by atoms with van der Waals surface area (Å²) in [6, 6.07) is 5.94. The summed E-state index contributed by atoms with van der Waals surface area (Å²) in [5.41, 5.74) is 0.611. The van der Waals surface area contributed by atoms with Gasteiger partial charge in [-0.2, -0.15) is 0 Å². The van der Waals surface area contributed by atoms with Gasteiger partial charge in [-0.3, -0.25) is 4.90 Å². The number of likely N-dealkylation sites (N-methyl/N-ethyl adjacent to an activating group) is 1. The zero-order valence-electron chi connectivity index (χ0n) is 10.6. The van der Waals surface area contributed by atoms with E-state index in [1.807, 2.05) is 25.2 Å². The first-order valence-corrected chi connectivity index (χ1v) is 7.50. The summed E-state index contributed by atoms with van der Waals surface area (Å²) in [7, 11) is 2.04. The highest BCUT2D eigenvalue weighted by Gasteiger charge is 2.32. The van der Waals surface area contributed by atoms with Crippen LogP contribution in [-0.2, 0) is 6.54 Å². The number of halogens is 2. The smallest absolute Gasteiger partial charge is 0.0774 e. The third-order valence-electron chi connectivity index (χ3n) is 3.55. The van der Waals surface area contributed by atoms with Crippen molar-refractivity contribution >= 4 is 27.5 Å². The molecule has 0 atom stereocenters. The van der Waals surface area contributed by atoms with Gasteiger partial charge in [-0.25, -0.2) is 0 Å². The lowest BCUT2D eigenvalue weighted by Gasteiger charge is -2.28. The van der Waals surface area contributed by atoms with Crippen molar-refractivity contribution in [3.05, 3.63) is 33.3 Å². The van der Waals surface area contributed by atoms with Crippen LogP contribution in [0.25, 0.3) is 0 Å². The van der Waals surface area contributed by atoms with E-state index in [9.17, 15) is 5.11 Å². The van der Waals surface area contributed by atoms with E-state index in [1.54, 1.807) is 0 Å². The molecule has 4 heteroatoms. The zero-order chi connectivity index (χ0) is 13.2. The lowest BCUT2D eigenvalue weighted by molar-refractivity contribution is 0.0145. The van der Waals surface area contributed by atoms with E-state index in [1.165, 1.54) is 0 Å². The number of benzene rings is 1. The SMILES string of the molecule is CN(Cc1ccc(Br)cc1Cl)CC1(O)CCCC1. The topological polar surface area (TPSA) is 23.5 Å². The molecule has 1 aromatic rings. The first kappa shape index (κ1) is 14.3. The molecule has 2 nitrogen and oxygen atoms in total. The van der Waals surface area contributed by atoms with Gasteiger partial charge in [0.1, 0.15) is 0 Å². The highest BCUT2D eigenvalue weighted by molar-refractivity contribution is 9.10. The number of hydrogen-bond acceptors (Lipinski definition) is 2. The first-order valence-electron chi connectivity index (χ1n) is 6.33. The van der Waals surface area contributed by atoms with Crippen molar-refractivity contribution in [2.24, 2.45) is 0 Å². The Balaban J connectivity index is 1.96. The summed E-state index contributed by atoms with van der Waals surface area (Å²) in [6.07, 6.45) is 4.13. The van der Waals surface area contributed by atoms with Crippen LogP contribution in [-0.4, -0.2) is 29.2 Å². The Morgan fingerprint density at radius 1 is 1.39 bits per heavy atom. The second-order valence-electron chi connectivity index (χ2n) is 5.34. The monoisotopic (exact) mass is 331 g/mol. The van der Waals surface area contributed by atoms with Gasteiger partial charge in [0.2, 0.25) is 0 Å². The van der Waals surface area contributed by atoms with Crippen molar-refractivity contribution in [2.75, 3.05) is 13.6 Å². The molecule has 2 rings (SSSR count). The summed E-state index contributed by atoms with van der Waals surface area (Å²) < 4.78 is 0.994. The number of rotatable bonds is 4. The molecule has 18 heavy (non-hydrogen) atoms. The van der Waals surface area contributed by atoms with E-state index < -0.39 is 5.60 Å². The lowest BCUT2D eigenvalue weighted by Crippen LogP contribution is -2.38. The molecule has 0 saturated heterocycles. The summed E-state index contributed by atoms with van der Waals surface area (Å²) in [6.45, 7) is 1.49. The maximum atomic E-state index is 10.4. The molecule has 0 aromatic heterocycles. The lowest BCUT2D eigenvalue weighted by atomic mass is 10.0. The second kappa shape index (κ2) is 5.91. The quantitative estimate of drug-likeness (QED) is 0.905. The molecule has 0 unspecified atom stereocenters. The van der Waals surface area contributed by atoms with Crippen LogP contribution in [0.2, 0.25) is 5.02 Å². The van der Waals surface area contributed by atoms with Gasteiger partial charge in [0.25, 0.3) is 0 Å². The van der Waals surface area contributed by atoms with Crippen LogP contribution in [0.15, 0.2) is 22.7 Å². The van der Waals surface area contributed by atoms with E-state index in [-0.39, 0.29) is 0 Å². The Bertz CT molecular complexity index is 418. The molecule has 1 aliphatic rings. The van der Waals surface area contributed by atoms with Crippen LogP contribution in [0.5, 0.6) is 0 Å². The first-order chi connectivity index (χ1) is 8.48. The van der Waals surface area contributed by atoms with E-state index in [0.717, 1.165) is 53.8 Å². The summed E-state index contributed by atoms with van der Waals surface area (Å²) >= 11 is 9.61. The minimum atomic E-state index is -0.489. The predicted molar refractivity (Wildman–Crippen MR) is 78.9 cm³/mol. The normalized spacial score (nSPS) is 18.5. The van der Waals surface area contributed by atoms with Gasteiger partial charge in [0, 0.05) is 22.6 Å². The fourth-order valence-electron chi connectivity index (χ4n) is 2.69. The van der Waals surface area contributed by atoms with Gasteiger partial charge in [-0.05, 0) is 37.6 Å². The van der Waals surface area contributed by atoms with E-state index >= 15 is 0 Å². The molecule has 0 bridgehead atoms. The third-order valence-corrected chi connectivity index (χ3v) is 4.40. The second-order valence-corrected chi connectivity index (χ2v) is 6.66. The highest BCUT2D eigenvalue weighted by atomic mass is 79.9. The molecular formula is C14H19BrClNO. The molecule has 1 aromatic carbocycles. The molecule has 1 aliphatic carbocycles. The van der Waals surface area contributed by atoms with Crippen molar-refractivity contribution < 1.29 is 5.11 Å². The fraction of sp³-hybridized carbons (Fsp3) is 0.571. The van der Waals surface area contributed by atoms with Gasteiger partial charge in [0.05, 0.1) is 5.60 Å². The largest absolute Gasteiger partial charge is 0.389 e. The van der Waals surface area contributed by atoms with E-state index in [2.05, 4.69) is 20.8 Å². The van der Waals surface area contributed by atoms with Crippen molar-refractivity contribution in [2.45, 2.75) is 37.8 Å². The van der Waals surface area contributed by atoms with Crippen molar-refractivity contribution in [3.8, 4) is 0 Å². The average Bonchev–Trinajstić information content (AvgIpc) is 2.69. The molecule has 100 valence electrons. The maximum absolute atomic E-state index is 10.4. The number of nitrogens with zero attached hydrogens (tertiary/aromatic N) is 1. The molecule has 0 heterocycles. The molecule has 1 saturated carbocycles. The van der Waals surface area contributed by atoms with Gasteiger partial charge in [-0.15, -0.1) is 0 Å². The Morgan fingerprint density at radius 2 is 2.06 bits per heavy atom. The summed E-state index contributed by atoms with van der Waals surface area (Å²) in [5.74, 6) is 0. The van der Waals surface area contributed by atoms with Crippen LogP contribution < -0.4 is 0 Å². The van der Waals surface area contributed by atoms with Crippen LogP contribution >= 0.6 is 27.5 Å². The third kappa shape index (κ3) is 3.70. The van der Waals surface area contributed by atoms with Crippen molar-refractivity contribution in [3.63, 3.8) is 0 Å². The van der Waals surface area contributed by atoms with Crippen molar-refractivity contribution in [1.82, 2.24) is 4.90 Å². The van der Waals surface area contributed by atoms with Gasteiger partial charge < -0.3 is 5.11 Å². The Kier molecular flexibility index (Phi) is 4.70. The zero-order valence-corrected chi connectivity index (χ0v) is 13.0. The minimum absolute atomic E-state index is 0.489. The van der Waals surface area contributed by atoms with E-state index in [4.69, 9.17) is 11.6 Å².